The van der Waals surface area contributed by atoms with Gasteiger partial charge in [0.05, 0.1) is 15.8 Å². The van der Waals surface area contributed by atoms with Gasteiger partial charge >= 0.3 is 0 Å². The molecule has 1 atom stereocenters. The molecular formula is C25H15Cl4NO2S. The first-order valence-corrected chi connectivity index (χ1v) is 12.5. The van der Waals surface area contributed by atoms with Crippen molar-refractivity contribution in [1.29, 1.82) is 0 Å². The number of fused-ring (bicyclic) bond motifs is 1. The lowest BCUT2D eigenvalue weighted by atomic mass is 10.1. The molecular weight excluding hydrogens is 520 g/mol. The van der Waals surface area contributed by atoms with Gasteiger partial charge in [-0.1, -0.05) is 82.8 Å². The minimum atomic E-state index is -0.278. The van der Waals surface area contributed by atoms with Crippen molar-refractivity contribution in [2.45, 2.75) is 5.37 Å². The maximum absolute atomic E-state index is 12.7. The summed E-state index contributed by atoms with van der Waals surface area (Å²) >= 11 is 27.1. The van der Waals surface area contributed by atoms with Crippen LogP contribution in [0.15, 0.2) is 72.8 Å². The van der Waals surface area contributed by atoms with Crippen molar-refractivity contribution in [1.82, 2.24) is 0 Å². The van der Waals surface area contributed by atoms with Crippen LogP contribution in [0.4, 0.5) is 5.69 Å². The van der Waals surface area contributed by atoms with E-state index < -0.39 is 0 Å². The Morgan fingerprint density at radius 1 is 0.848 bits per heavy atom. The van der Waals surface area contributed by atoms with Gasteiger partial charge in [0.2, 0.25) is 5.91 Å². The van der Waals surface area contributed by atoms with Gasteiger partial charge in [0.25, 0.3) is 0 Å². The number of anilines is 1. The van der Waals surface area contributed by atoms with E-state index in [1.165, 1.54) is 11.8 Å². The fraction of sp³-hybridized carbons (Fsp3) is 0.0800. The number of benzene rings is 4. The number of rotatable bonds is 4. The molecule has 0 aromatic heterocycles. The van der Waals surface area contributed by atoms with Crippen LogP contribution in [0.25, 0.3) is 10.8 Å². The number of halogens is 4. The molecule has 1 heterocycles. The summed E-state index contributed by atoms with van der Waals surface area (Å²) < 4.78 is 6.03. The highest BCUT2D eigenvalue weighted by Gasteiger charge is 2.35. The Labute approximate surface area is 215 Å². The van der Waals surface area contributed by atoms with Crippen LogP contribution >= 0.6 is 58.2 Å². The molecule has 33 heavy (non-hydrogen) atoms. The van der Waals surface area contributed by atoms with Gasteiger partial charge in [0.1, 0.15) is 16.9 Å². The van der Waals surface area contributed by atoms with Gasteiger partial charge in [-0.25, -0.2) is 0 Å². The summed E-state index contributed by atoms with van der Waals surface area (Å²) in [7, 11) is 0. The van der Waals surface area contributed by atoms with Crippen LogP contribution in [0.2, 0.25) is 20.1 Å². The molecule has 0 spiro atoms. The van der Waals surface area contributed by atoms with E-state index in [-0.39, 0.29) is 11.3 Å². The third-order valence-corrected chi connectivity index (χ3v) is 7.78. The minimum Gasteiger partial charge on any atom is -0.454 e. The van der Waals surface area contributed by atoms with Gasteiger partial charge in [0, 0.05) is 26.7 Å². The molecule has 0 unspecified atom stereocenters. The first-order chi connectivity index (χ1) is 15.9. The van der Waals surface area contributed by atoms with Crippen LogP contribution in [0.5, 0.6) is 11.5 Å². The number of carbonyl (C=O) groups is 1. The maximum atomic E-state index is 12.7. The number of hydrogen-bond donors (Lipinski definition) is 0. The fourth-order valence-corrected chi connectivity index (χ4v) is 6.04. The summed E-state index contributed by atoms with van der Waals surface area (Å²) in [6.45, 7) is 0. The molecule has 1 amide bonds. The number of nitrogens with zero attached hydrogens (tertiary/aromatic N) is 1. The van der Waals surface area contributed by atoms with Gasteiger partial charge < -0.3 is 4.74 Å². The number of amides is 1. The normalized spacial score (nSPS) is 15.9. The lowest BCUT2D eigenvalue weighted by Gasteiger charge is -2.25. The predicted molar refractivity (Wildman–Crippen MR) is 140 cm³/mol. The molecule has 166 valence electrons. The SMILES string of the molecule is O=C1CS[C@H](c2ccc(Cl)cc2Cl)N1c1ccc(Oc2ccc3ccccc3c2Cl)c(Cl)c1. The molecule has 3 nitrogen and oxygen atoms in total. The third-order valence-electron chi connectivity index (χ3n) is 5.34. The molecule has 1 fully saturated rings. The minimum absolute atomic E-state index is 0.0293. The van der Waals surface area contributed by atoms with Crippen molar-refractivity contribution in [3.8, 4) is 11.5 Å². The molecule has 4 aromatic rings. The molecule has 1 aliphatic heterocycles. The van der Waals surface area contributed by atoms with E-state index in [0.29, 0.717) is 43.0 Å². The summed E-state index contributed by atoms with van der Waals surface area (Å²) in [6, 6.07) is 22.1. The van der Waals surface area contributed by atoms with E-state index in [1.54, 1.807) is 35.2 Å². The Bertz CT molecular complexity index is 1390. The van der Waals surface area contributed by atoms with Gasteiger partial charge in [0.15, 0.2) is 0 Å². The Balaban J connectivity index is 1.46. The van der Waals surface area contributed by atoms with Crippen LogP contribution < -0.4 is 9.64 Å². The monoisotopic (exact) mass is 533 g/mol. The highest BCUT2D eigenvalue weighted by atomic mass is 35.5. The summed E-state index contributed by atoms with van der Waals surface area (Å²) in [5, 5.41) is 3.57. The molecule has 0 saturated carbocycles. The highest BCUT2D eigenvalue weighted by Crippen LogP contribution is 2.46. The Morgan fingerprint density at radius 2 is 1.64 bits per heavy atom. The van der Waals surface area contributed by atoms with Crippen molar-refractivity contribution < 1.29 is 9.53 Å². The average Bonchev–Trinajstić information content (AvgIpc) is 3.18. The first-order valence-electron chi connectivity index (χ1n) is 9.95. The van der Waals surface area contributed by atoms with E-state index in [2.05, 4.69) is 0 Å². The fourth-order valence-electron chi connectivity index (χ4n) is 3.77. The quantitative estimate of drug-likeness (QED) is 0.261. The number of carbonyl (C=O) groups excluding carboxylic acids is 1. The largest absolute Gasteiger partial charge is 0.454 e. The van der Waals surface area contributed by atoms with Crippen LogP contribution in [0.3, 0.4) is 0 Å². The lowest BCUT2D eigenvalue weighted by Crippen LogP contribution is -2.27. The van der Waals surface area contributed by atoms with E-state index in [9.17, 15) is 4.79 Å². The van der Waals surface area contributed by atoms with Crippen molar-refractivity contribution in [2.75, 3.05) is 10.7 Å². The van der Waals surface area contributed by atoms with E-state index in [4.69, 9.17) is 51.1 Å². The zero-order chi connectivity index (χ0) is 23.1. The van der Waals surface area contributed by atoms with Crippen molar-refractivity contribution in [3.05, 3.63) is 98.5 Å². The second-order valence-electron chi connectivity index (χ2n) is 7.41. The molecule has 0 aliphatic carbocycles. The van der Waals surface area contributed by atoms with Gasteiger partial charge in [-0.15, -0.1) is 11.8 Å². The van der Waals surface area contributed by atoms with Crippen molar-refractivity contribution >= 4 is 80.5 Å². The van der Waals surface area contributed by atoms with Crippen LogP contribution in [0.1, 0.15) is 10.9 Å². The molecule has 8 heteroatoms. The summed E-state index contributed by atoms with van der Waals surface area (Å²) in [6.07, 6.45) is 0. The summed E-state index contributed by atoms with van der Waals surface area (Å²) in [5.41, 5.74) is 1.47. The standard InChI is InChI=1S/C25H15Cl4NO2S/c26-15-6-8-18(19(27)11-15)25-30(23(31)13-33-25)16-7-10-21(20(28)12-16)32-22-9-5-14-3-1-2-4-17(14)24(22)29/h1-12,25H,13H2/t25-/m1/s1. The maximum Gasteiger partial charge on any atom is 0.238 e. The molecule has 0 N–H and O–H groups in total. The van der Waals surface area contributed by atoms with Gasteiger partial charge in [-0.05, 0) is 41.8 Å². The third kappa shape index (κ3) is 4.39. The van der Waals surface area contributed by atoms with Gasteiger partial charge in [-0.3, -0.25) is 9.69 Å². The molecule has 0 radical (unpaired) electrons. The second-order valence-corrected chi connectivity index (χ2v) is 10.1. The topological polar surface area (TPSA) is 29.5 Å². The molecule has 1 aliphatic rings. The van der Waals surface area contributed by atoms with E-state index >= 15 is 0 Å². The molecule has 4 aromatic carbocycles. The smallest absolute Gasteiger partial charge is 0.238 e. The van der Waals surface area contributed by atoms with Gasteiger partial charge in [-0.2, -0.15) is 0 Å². The van der Waals surface area contributed by atoms with E-state index in [0.717, 1.165) is 16.3 Å². The zero-order valence-corrected chi connectivity index (χ0v) is 20.7. The lowest BCUT2D eigenvalue weighted by molar-refractivity contribution is -0.115. The number of ether oxygens (including phenoxy) is 1. The van der Waals surface area contributed by atoms with Crippen LogP contribution in [-0.4, -0.2) is 11.7 Å². The Kier molecular flexibility index (Phi) is 6.39. The molecule has 5 rings (SSSR count). The second kappa shape index (κ2) is 9.28. The van der Waals surface area contributed by atoms with Crippen molar-refractivity contribution in [2.24, 2.45) is 0 Å². The first kappa shape index (κ1) is 22.7. The Hall–Kier alpha value is -2.08. The summed E-state index contributed by atoms with van der Waals surface area (Å²) in [4.78, 5) is 14.4. The Morgan fingerprint density at radius 3 is 2.42 bits per heavy atom. The zero-order valence-electron chi connectivity index (χ0n) is 16.9. The number of hydrogen-bond acceptors (Lipinski definition) is 3. The number of thioether (sulfide) groups is 1. The van der Waals surface area contributed by atoms with E-state index in [1.807, 2.05) is 42.5 Å². The van der Waals surface area contributed by atoms with Crippen molar-refractivity contribution in [3.63, 3.8) is 0 Å². The average molecular weight is 535 g/mol. The summed E-state index contributed by atoms with van der Waals surface area (Å²) in [5.74, 6) is 1.26. The van der Waals surface area contributed by atoms with Crippen LogP contribution in [0, 0.1) is 0 Å². The molecule has 1 saturated heterocycles. The predicted octanol–water partition coefficient (Wildman–Crippen LogP) is 9.02. The molecule has 0 bridgehead atoms. The van der Waals surface area contributed by atoms with Crippen LogP contribution in [-0.2, 0) is 4.79 Å². The highest BCUT2D eigenvalue weighted by molar-refractivity contribution is 8.00.